The van der Waals surface area contributed by atoms with Crippen molar-refractivity contribution in [1.82, 2.24) is 0 Å². The molecular formula is C19H20BrF3O5. The maximum atomic E-state index is 14.3. The van der Waals surface area contributed by atoms with Crippen LogP contribution in [0, 0.1) is 34.7 Å². The van der Waals surface area contributed by atoms with Gasteiger partial charge in [-0.15, -0.1) is 0 Å². The lowest BCUT2D eigenvalue weighted by atomic mass is 10.1. The van der Waals surface area contributed by atoms with E-state index in [4.69, 9.17) is 4.74 Å². The van der Waals surface area contributed by atoms with Gasteiger partial charge in [0.2, 0.25) is 0 Å². The molecule has 1 saturated carbocycles. The molecular weight excluding hydrogens is 445 g/mol. The summed E-state index contributed by atoms with van der Waals surface area (Å²) in [7, 11) is 2.46. The largest absolute Gasteiger partial charge is 0.466 e. The van der Waals surface area contributed by atoms with Gasteiger partial charge in [0.15, 0.2) is 11.6 Å². The van der Waals surface area contributed by atoms with Crippen molar-refractivity contribution in [2.75, 3.05) is 14.2 Å². The number of hydrogen-bond acceptors (Lipinski definition) is 5. The van der Waals surface area contributed by atoms with Crippen LogP contribution in [0.2, 0.25) is 0 Å². The fraction of sp³-hybridized carbons (Fsp3) is 0.474. The van der Waals surface area contributed by atoms with Gasteiger partial charge in [-0.3, -0.25) is 4.79 Å². The van der Waals surface area contributed by atoms with E-state index < -0.39 is 65.1 Å². The average Bonchev–Trinajstić information content (AvgIpc) is 3.21. The first-order valence-corrected chi connectivity index (χ1v) is 9.12. The Labute approximate surface area is 169 Å². The van der Waals surface area contributed by atoms with Gasteiger partial charge < -0.3 is 14.2 Å². The number of carbonyl (C=O) groups is 2. The number of halogens is 4. The fourth-order valence-corrected chi connectivity index (χ4v) is 3.62. The molecule has 0 aromatic heterocycles. The molecule has 9 heteroatoms. The van der Waals surface area contributed by atoms with E-state index in [0.717, 1.165) is 0 Å². The molecule has 0 N–H and O–H groups in total. The molecule has 5 nitrogen and oxygen atoms in total. The monoisotopic (exact) mass is 464 g/mol. The quantitative estimate of drug-likeness (QED) is 0.346. The van der Waals surface area contributed by atoms with Crippen LogP contribution in [-0.4, -0.2) is 26.2 Å². The zero-order valence-corrected chi connectivity index (χ0v) is 17.4. The molecule has 1 aliphatic rings. The van der Waals surface area contributed by atoms with Crippen LogP contribution in [-0.2, 0) is 37.0 Å². The summed E-state index contributed by atoms with van der Waals surface area (Å²) in [6, 6.07) is 0. The first kappa shape index (κ1) is 22.4. The van der Waals surface area contributed by atoms with Gasteiger partial charge in [0.1, 0.15) is 12.4 Å². The number of benzene rings is 1. The molecule has 1 aromatic rings. The minimum absolute atomic E-state index is 0.273. The molecule has 0 radical (unpaired) electrons. The smallest absolute Gasteiger partial charge is 0.330 e. The summed E-state index contributed by atoms with van der Waals surface area (Å²) in [5.41, 5.74) is -1.47. The zero-order chi connectivity index (χ0) is 21.2. The van der Waals surface area contributed by atoms with Crippen molar-refractivity contribution in [1.29, 1.82) is 0 Å². The summed E-state index contributed by atoms with van der Waals surface area (Å²) in [4.78, 5) is 23.6. The van der Waals surface area contributed by atoms with E-state index in [-0.39, 0.29) is 10.4 Å². The Morgan fingerprint density at radius 1 is 1.07 bits per heavy atom. The molecule has 0 aliphatic heterocycles. The van der Waals surface area contributed by atoms with Crippen molar-refractivity contribution in [2.45, 2.75) is 27.1 Å². The van der Waals surface area contributed by atoms with Crippen molar-refractivity contribution in [3.8, 4) is 0 Å². The highest BCUT2D eigenvalue weighted by Crippen LogP contribution is 2.59. The van der Waals surface area contributed by atoms with Gasteiger partial charge in [-0.1, -0.05) is 19.9 Å². The topological polar surface area (TPSA) is 61.8 Å². The number of ether oxygens (including phenoxy) is 3. The molecule has 0 unspecified atom stereocenters. The summed E-state index contributed by atoms with van der Waals surface area (Å²) in [5, 5.41) is 0. The summed E-state index contributed by atoms with van der Waals surface area (Å²) in [6.07, 6.45) is 2.77. The Kier molecular flexibility index (Phi) is 6.93. The molecule has 1 aromatic carbocycles. The molecule has 0 saturated heterocycles. The van der Waals surface area contributed by atoms with Crippen LogP contribution in [0.15, 0.2) is 16.6 Å². The van der Waals surface area contributed by atoms with E-state index in [0.29, 0.717) is 0 Å². The second-order valence-electron chi connectivity index (χ2n) is 6.96. The van der Waals surface area contributed by atoms with Gasteiger partial charge in [-0.2, -0.15) is 0 Å². The van der Waals surface area contributed by atoms with Crippen LogP contribution >= 0.6 is 15.9 Å². The van der Waals surface area contributed by atoms with Gasteiger partial charge in [0, 0.05) is 18.7 Å². The van der Waals surface area contributed by atoms with Crippen molar-refractivity contribution < 1.29 is 37.0 Å². The summed E-state index contributed by atoms with van der Waals surface area (Å²) in [6.45, 7) is 2.52. The molecule has 0 spiro atoms. The van der Waals surface area contributed by atoms with Gasteiger partial charge >= 0.3 is 11.9 Å². The minimum Gasteiger partial charge on any atom is -0.466 e. The first-order valence-electron chi connectivity index (χ1n) is 8.33. The number of methoxy groups -OCH3 is 2. The normalized spacial score (nSPS) is 20.3. The molecule has 0 amide bonds. The van der Waals surface area contributed by atoms with Crippen LogP contribution < -0.4 is 0 Å². The van der Waals surface area contributed by atoms with E-state index in [1.807, 2.05) is 0 Å². The van der Waals surface area contributed by atoms with E-state index in [9.17, 15) is 22.8 Å². The predicted octanol–water partition coefficient (Wildman–Crippen LogP) is 4.06. The molecule has 0 heterocycles. The van der Waals surface area contributed by atoms with Crippen LogP contribution in [0.25, 0.3) is 0 Å². The second kappa shape index (κ2) is 8.65. The minimum atomic E-state index is -1.39. The van der Waals surface area contributed by atoms with Gasteiger partial charge in [0.05, 0.1) is 29.7 Å². The Hall–Kier alpha value is -1.87. The van der Waals surface area contributed by atoms with E-state index in [1.54, 1.807) is 19.9 Å². The lowest BCUT2D eigenvalue weighted by molar-refractivity contribution is -0.147. The summed E-state index contributed by atoms with van der Waals surface area (Å²) in [5.74, 6) is -5.77. The maximum absolute atomic E-state index is 14.3. The highest BCUT2D eigenvalue weighted by molar-refractivity contribution is 9.10. The van der Waals surface area contributed by atoms with Crippen LogP contribution in [0.4, 0.5) is 13.2 Å². The number of carbonyl (C=O) groups excluding carboxylic acids is 2. The standard InChI is InChI=1S/C19H20BrF3O5/c1-19(2)11(5-6-12(24)27-4)13(19)18(25)28-8-9-14(20)15(21)10(7-26-3)17(23)16(9)22/h5-6,11,13H,7-8H2,1-4H3/b6-5-/t11-,13-/m0/s1. The molecule has 28 heavy (non-hydrogen) atoms. The molecule has 0 bridgehead atoms. The Morgan fingerprint density at radius 2 is 1.68 bits per heavy atom. The second-order valence-corrected chi connectivity index (χ2v) is 7.75. The molecule has 2 rings (SSSR count). The first-order chi connectivity index (χ1) is 13.1. The van der Waals surface area contributed by atoms with E-state index >= 15 is 0 Å². The highest BCUT2D eigenvalue weighted by Gasteiger charge is 2.61. The van der Waals surface area contributed by atoms with Crippen molar-refractivity contribution in [2.24, 2.45) is 17.3 Å². The molecule has 2 atom stereocenters. The number of esters is 2. The Bertz CT molecular complexity index is 793. The maximum Gasteiger partial charge on any atom is 0.330 e. The number of rotatable bonds is 7. The lowest BCUT2D eigenvalue weighted by Gasteiger charge is -2.13. The SMILES string of the molecule is COCc1c(F)c(F)c(COC(=O)[C@@H]2[C@H](/C=C\C(=O)OC)C2(C)C)c(Br)c1F. The lowest BCUT2D eigenvalue weighted by Crippen LogP contribution is -2.13. The van der Waals surface area contributed by atoms with E-state index in [2.05, 4.69) is 25.4 Å². The predicted molar refractivity (Wildman–Crippen MR) is 96.4 cm³/mol. The average molecular weight is 465 g/mol. The third-order valence-electron chi connectivity index (χ3n) is 4.90. The molecule has 1 aliphatic carbocycles. The molecule has 154 valence electrons. The molecule has 1 fully saturated rings. The van der Waals surface area contributed by atoms with Gasteiger partial charge in [-0.05, 0) is 27.3 Å². The zero-order valence-electron chi connectivity index (χ0n) is 15.8. The number of hydrogen-bond donors (Lipinski definition) is 0. The Balaban J connectivity index is 2.13. The van der Waals surface area contributed by atoms with Crippen molar-refractivity contribution in [3.05, 3.63) is 45.2 Å². The van der Waals surface area contributed by atoms with Crippen LogP contribution in [0.3, 0.4) is 0 Å². The van der Waals surface area contributed by atoms with E-state index in [1.165, 1.54) is 20.3 Å². The van der Waals surface area contributed by atoms with Crippen molar-refractivity contribution >= 4 is 27.9 Å². The van der Waals surface area contributed by atoms with Crippen molar-refractivity contribution in [3.63, 3.8) is 0 Å². The fourth-order valence-electron chi connectivity index (χ4n) is 3.09. The summed E-state index contributed by atoms with van der Waals surface area (Å²) < 4.78 is 56.6. The number of allylic oxidation sites excluding steroid dienone is 1. The van der Waals surface area contributed by atoms with Gasteiger partial charge in [-0.25, -0.2) is 18.0 Å². The third kappa shape index (κ3) is 4.25. The van der Waals surface area contributed by atoms with Crippen LogP contribution in [0.5, 0.6) is 0 Å². The summed E-state index contributed by atoms with van der Waals surface area (Å²) >= 11 is 2.88. The highest BCUT2D eigenvalue weighted by atomic mass is 79.9. The van der Waals surface area contributed by atoms with Crippen LogP contribution in [0.1, 0.15) is 25.0 Å². The van der Waals surface area contributed by atoms with Gasteiger partial charge in [0.25, 0.3) is 0 Å². The third-order valence-corrected chi connectivity index (χ3v) is 5.72. The Morgan fingerprint density at radius 3 is 2.25 bits per heavy atom.